The third kappa shape index (κ3) is 4.12. The molecule has 0 fully saturated rings. The van der Waals surface area contributed by atoms with Crippen LogP contribution in [0.1, 0.15) is 21.9 Å². The van der Waals surface area contributed by atoms with Gasteiger partial charge in [0.2, 0.25) is 5.89 Å². The molecule has 2 aromatic heterocycles. The number of benzene rings is 2. The fourth-order valence-corrected chi connectivity index (χ4v) is 3.07. The van der Waals surface area contributed by atoms with Gasteiger partial charge in [0.15, 0.2) is 6.61 Å². The molecule has 4 aromatic rings. The van der Waals surface area contributed by atoms with Gasteiger partial charge in [-0.25, -0.2) is 4.79 Å². The molecule has 0 aliphatic carbocycles. The number of methoxy groups -OCH3 is 1. The van der Waals surface area contributed by atoms with Crippen LogP contribution in [-0.2, 0) is 11.3 Å². The van der Waals surface area contributed by atoms with Crippen molar-refractivity contribution in [2.24, 2.45) is 0 Å². The smallest absolute Gasteiger partial charge is 0.340 e. The Morgan fingerprint density at radius 1 is 1.10 bits per heavy atom. The molecular weight excluding hydrogens is 438 g/mol. The normalized spacial score (nSPS) is 10.9. The molecule has 0 N–H and O–H groups in total. The van der Waals surface area contributed by atoms with Gasteiger partial charge in [0.25, 0.3) is 5.89 Å². The van der Waals surface area contributed by atoms with Crippen LogP contribution in [0.4, 0.5) is 0 Å². The van der Waals surface area contributed by atoms with Crippen molar-refractivity contribution < 1.29 is 18.7 Å². The van der Waals surface area contributed by atoms with Crippen LogP contribution in [0.15, 0.2) is 57.4 Å². The zero-order valence-electron chi connectivity index (χ0n) is 15.7. The first-order chi connectivity index (χ1) is 14.0. The summed E-state index contributed by atoms with van der Waals surface area (Å²) in [5.74, 6) is 0.780. The summed E-state index contributed by atoms with van der Waals surface area (Å²) in [5, 5.41) is 8.75. The highest BCUT2D eigenvalue weighted by Crippen LogP contribution is 2.23. The van der Waals surface area contributed by atoms with Crippen molar-refractivity contribution in [1.29, 1.82) is 0 Å². The van der Waals surface area contributed by atoms with Crippen LogP contribution in [0.3, 0.4) is 0 Å². The number of fused-ring (bicyclic) bond motifs is 1. The second-order valence-electron chi connectivity index (χ2n) is 6.26. The molecule has 2 heterocycles. The summed E-state index contributed by atoms with van der Waals surface area (Å²) in [6.45, 7) is 1.64. The highest BCUT2D eigenvalue weighted by Gasteiger charge is 2.16. The molecule has 8 heteroatoms. The van der Waals surface area contributed by atoms with Crippen LogP contribution in [0.5, 0.6) is 5.75 Å². The molecule has 0 aliphatic heterocycles. The van der Waals surface area contributed by atoms with Crippen LogP contribution in [-0.4, -0.2) is 28.3 Å². The number of hydrogen-bond acceptors (Lipinski definition) is 7. The number of carbonyl (C=O) groups is 1. The number of aryl methyl sites for hydroxylation is 1. The summed E-state index contributed by atoms with van der Waals surface area (Å²) >= 11 is 3.38. The molecule has 2 aromatic carbocycles. The Morgan fingerprint density at radius 2 is 1.90 bits per heavy atom. The molecular formula is C21H16BrN3O4. The molecule has 0 saturated carbocycles. The summed E-state index contributed by atoms with van der Waals surface area (Å²) < 4.78 is 17.1. The van der Waals surface area contributed by atoms with Gasteiger partial charge in [-0.3, -0.25) is 4.98 Å². The first-order valence-corrected chi connectivity index (χ1v) is 9.53. The van der Waals surface area contributed by atoms with Crippen molar-refractivity contribution in [3.63, 3.8) is 0 Å². The molecule has 0 aliphatic rings. The number of aromatic nitrogens is 3. The van der Waals surface area contributed by atoms with Gasteiger partial charge in [-0.15, -0.1) is 10.2 Å². The summed E-state index contributed by atoms with van der Waals surface area (Å²) in [4.78, 5) is 17.0. The molecule has 0 bridgehead atoms. The highest BCUT2D eigenvalue weighted by molar-refractivity contribution is 9.10. The maximum absolute atomic E-state index is 12.5. The van der Waals surface area contributed by atoms with Gasteiger partial charge in [-0.1, -0.05) is 15.9 Å². The zero-order valence-corrected chi connectivity index (χ0v) is 17.3. The van der Waals surface area contributed by atoms with E-state index in [2.05, 4.69) is 31.1 Å². The van der Waals surface area contributed by atoms with Crippen molar-refractivity contribution in [3.8, 4) is 17.2 Å². The fourth-order valence-electron chi connectivity index (χ4n) is 2.80. The van der Waals surface area contributed by atoms with Gasteiger partial charge in [-0.2, -0.15) is 0 Å². The van der Waals surface area contributed by atoms with E-state index in [9.17, 15) is 4.79 Å². The molecule has 146 valence electrons. The van der Waals surface area contributed by atoms with Crippen LogP contribution >= 0.6 is 15.9 Å². The number of rotatable bonds is 5. The Bertz CT molecular complexity index is 1190. The first-order valence-electron chi connectivity index (χ1n) is 8.74. The van der Waals surface area contributed by atoms with Gasteiger partial charge < -0.3 is 13.9 Å². The van der Waals surface area contributed by atoms with E-state index >= 15 is 0 Å². The molecule has 0 radical (unpaired) electrons. The maximum atomic E-state index is 12.5. The van der Waals surface area contributed by atoms with E-state index in [1.54, 1.807) is 20.1 Å². The number of nitrogens with zero attached hydrogens (tertiary/aromatic N) is 3. The second-order valence-corrected chi connectivity index (χ2v) is 7.18. The Balaban J connectivity index is 1.48. The van der Waals surface area contributed by atoms with Crippen molar-refractivity contribution in [2.45, 2.75) is 13.5 Å². The minimum absolute atomic E-state index is 0.123. The summed E-state index contributed by atoms with van der Waals surface area (Å²) in [7, 11) is 1.60. The van der Waals surface area contributed by atoms with Crippen molar-refractivity contribution in [2.75, 3.05) is 7.11 Å². The quantitative estimate of drug-likeness (QED) is 0.403. The van der Waals surface area contributed by atoms with E-state index in [0.717, 1.165) is 20.9 Å². The predicted octanol–water partition coefficient (Wildman–Crippen LogP) is 4.72. The summed E-state index contributed by atoms with van der Waals surface area (Å²) in [6, 6.07) is 14.7. The van der Waals surface area contributed by atoms with E-state index in [1.807, 2.05) is 42.5 Å². The predicted molar refractivity (Wildman–Crippen MR) is 110 cm³/mol. The topological polar surface area (TPSA) is 87.3 Å². The molecule has 0 saturated heterocycles. The standard InChI is InChI=1S/C21H16BrN3O4/c1-12-17(9-14-5-8-16(27-2)10-18(14)23-12)21(26)28-11-19-24-25-20(29-19)13-3-6-15(22)7-4-13/h3-10H,11H2,1-2H3. The van der Waals surface area contributed by atoms with E-state index < -0.39 is 5.97 Å². The van der Waals surface area contributed by atoms with Crippen molar-refractivity contribution >= 4 is 32.8 Å². The third-order valence-corrected chi connectivity index (χ3v) is 4.85. The number of hydrogen-bond donors (Lipinski definition) is 0. The molecule has 0 spiro atoms. The van der Waals surface area contributed by atoms with E-state index in [4.69, 9.17) is 13.9 Å². The minimum atomic E-state index is -0.504. The van der Waals surface area contributed by atoms with E-state index in [-0.39, 0.29) is 12.5 Å². The fraction of sp³-hybridized carbons (Fsp3) is 0.143. The number of pyridine rings is 1. The Hall–Kier alpha value is -3.26. The largest absolute Gasteiger partial charge is 0.497 e. The van der Waals surface area contributed by atoms with Gasteiger partial charge >= 0.3 is 5.97 Å². The second kappa shape index (κ2) is 8.00. The van der Waals surface area contributed by atoms with Gasteiger partial charge in [-0.05, 0) is 49.4 Å². The van der Waals surface area contributed by atoms with Gasteiger partial charge in [0.1, 0.15) is 5.75 Å². The number of esters is 1. The minimum Gasteiger partial charge on any atom is -0.497 e. The number of ether oxygens (including phenoxy) is 2. The van der Waals surface area contributed by atoms with E-state index in [1.165, 1.54) is 0 Å². The van der Waals surface area contributed by atoms with Crippen LogP contribution in [0.2, 0.25) is 0 Å². The van der Waals surface area contributed by atoms with Gasteiger partial charge in [0, 0.05) is 21.5 Å². The lowest BCUT2D eigenvalue weighted by Gasteiger charge is -2.08. The summed E-state index contributed by atoms with van der Waals surface area (Å²) in [6.07, 6.45) is 0. The van der Waals surface area contributed by atoms with Crippen molar-refractivity contribution in [1.82, 2.24) is 15.2 Å². The Kier molecular flexibility index (Phi) is 5.26. The maximum Gasteiger partial charge on any atom is 0.340 e. The number of carbonyl (C=O) groups excluding carboxylic acids is 1. The lowest BCUT2D eigenvalue weighted by Crippen LogP contribution is -2.08. The van der Waals surface area contributed by atoms with E-state index in [0.29, 0.717) is 22.9 Å². The SMILES string of the molecule is COc1ccc2cc(C(=O)OCc3nnc(-c4ccc(Br)cc4)o3)c(C)nc2c1. The van der Waals surface area contributed by atoms with Crippen LogP contribution in [0.25, 0.3) is 22.4 Å². The average molecular weight is 454 g/mol. The third-order valence-electron chi connectivity index (χ3n) is 4.32. The Morgan fingerprint density at radius 3 is 2.66 bits per heavy atom. The monoisotopic (exact) mass is 453 g/mol. The van der Waals surface area contributed by atoms with Crippen LogP contribution < -0.4 is 4.74 Å². The Labute approximate surface area is 174 Å². The molecule has 29 heavy (non-hydrogen) atoms. The molecule has 7 nitrogen and oxygen atoms in total. The van der Waals surface area contributed by atoms with Gasteiger partial charge in [0.05, 0.1) is 23.9 Å². The lowest BCUT2D eigenvalue weighted by atomic mass is 10.1. The first kappa shape index (κ1) is 19.1. The number of halogens is 1. The van der Waals surface area contributed by atoms with Crippen LogP contribution in [0, 0.1) is 6.92 Å². The zero-order chi connectivity index (χ0) is 20.4. The average Bonchev–Trinajstić information content (AvgIpc) is 3.20. The molecule has 0 atom stereocenters. The molecule has 4 rings (SSSR count). The highest BCUT2D eigenvalue weighted by atomic mass is 79.9. The molecule has 0 amide bonds. The lowest BCUT2D eigenvalue weighted by molar-refractivity contribution is 0.0437. The molecule has 0 unspecified atom stereocenters. The summed E-state index contributed by atoms with van der Waals surface area (Å²) in [5.41, 5.74) is 2.48. The van der Waals surface area contributed by atoms with Crippen molar-refractivity contribution in [3.05, 3.63) is 70.2 Å².